The lowest BCUT2D eigenvalue weighted by Gasteiger charge is -2.24. The summed E-state index contributed by atoms with van der Waals surface area (Å²) in [5, 5.41) is 12.2. The molecule has 0 aliphatic carbocycles. The van der Waals surface area contributed by atoms with Crippen LogP contribution in [0.15, 0.2) is 36.4 Å². The zero-order valence-electron chi connectivity index (χ0n) is 16.0. The van der Waals surface area contributed by atoms with Crippen molar-refractivity contribution < 1.29 is 19.5 Å². The van der Waals surface area contributed by atoms with Gasteiger partial charge in [0.25, 0.3) is 5.91 Å². The van der Waals surface area contributed by atoms with Crippen LogP contribution in [0.1, 0.15) is 37.4 Å². The van der Waals surface area contributed by atoms with Crippen molar-refractivity contribution in [1.82, 2.24) is 4.90 Å². The Kier molecular flexibility index (Phi) is 5.74. The maximum absolute atomic E-state index is 13.0. The van der Waals surface area contributed by atoms with Gasteiger partial charge in [-0.3, -0.25) is 9.59 Å². The van der Waals surface area contributed by atoms with E-state index in [-0.39, 0.29) is 22.9 Å². The number of carbonyl (C=O) groups is 3. The second-order valence-electron chi connectivity index (χ2n) is 6.92. The number of carboxylic acid groups (broad SMARTS) is 1. The predicted octanol–water partition coefficient (Wildman–Crippen LogP) is 3.46. The van der Waals surface area contributed by atoms with E-state index in [1.165, 1.54) is 28.8 Å². The summed E-state index contributed by atoms with van der Waals surface area (Å²) in [5.41, 5.74) is 3.83. The second-order valence-corrected chi connectivity index (χ2v) is 7.92. The number of carbonyl (C=O) groups excluding carboxylic acids is 2. The third-order valence-electron chi connectivity index (χ3n) is 4.88. The molecule has 3 rings (SSSR count). The van der Waals surface area contributed by atoms with Crippen molar-refractivity contribution in [2.75, 3.05) is 16.9 Å². The lowest BCUT2D eigenvalue weighted by Crippen LogP contribution is -2.44. The molecule has 0 radical (unpaired) electrons. The van der Waals surface area contributed by atoms with Gasteiger partial charge in [0.2, 0.25) is 5.91 Å². The van der Waals surface area contributed by atoms with E-state index in [0.717, 1.165) is 16.8 Å². The molecule has 146 valence electrons. The van der Waals surface area contributed by atoms with E-state index < -0.39 is 12.0 Å². The number of anilines is 1. The zero-order valence-corrected chi connectivity index (χ0v) is 16.8. The molecule has 1 unspecified atom stereocenters. The maximum atomic E-state index is 13.0. The van der Waals surface area contributed by atoms with E-state index in [1.54, 1.807) is 13.0 Å². The smallest absolute Gasteiger partial charge is 0.335 e. The third-order valence-corrected chi connectivity index (χ3v) is 5.89. The number of aryl methyl sites for hydroxylation is 2. The van der Waals surface area contributed by atoms with Gasteiger partial charge in [-0.05, 0) is 61.7 Å². The van der Waals surface area contributed by atoms with E-state index in [1.807, 2.05) is 32.0 Å². The number of nitrogens with one attached hydrogen (secondary N) is 1. The summed E-state index contributed by atoms with van der Waals surface area (Å²) < 4.78 is 0. The molecule has 2 amide bonds. The minimum Gasteiger partial charge on any atom is -0.478 e. The van der Waals surface area contributed by atoms with Crippen LogP contribution in [0, 0.1) is 20.8 Å². The maximum Gasteiger partial charge on any atom is 0.335 e. The number of benzene rings is 2. The average molecular weight is 398 g/mol. The van der Waals surface area contributed by atoms with Gasteiger partial charge < -0.3 is 15.3 Å². The van der Waals surface area contributed by atoms with Crippen molar-refractivity contribution in [3.05, 3.63) is 64.2 Å². The molecule has 6 nitrogen and oxygen atoms in total. The number of hydrogen-bond acceptors (Lipinski definition) is 4. The summed E-state index contributed by atoms with van der Waals surface area (Å²) in [6.07, 6.45) is 0. The molecular formula is C21H22N2O4S. The molecule has 2 aromatic carbocycles. The second kappa shape index (κ2) is 8.06. The standard InChI is InChI=1S/C21H22N2O4S/c1-12-7-15(9-16(8-12)21(26)27)20(25)23-11-28-10-18(23)19(24)22-17-6-4-5-13(2)14(17)3/h4-9,18H,10-11H2,1-3H3,(H,22,24)(H,26,27). The summed E-state index contributed by atoms with van der Waals surface area (Å²) in [6.45, 7) is 5.66. The van der Waals surface area contributed by atoms with Gasteiger partial charge >= 0.3 is 5.97 Å². The number of rotatable bonds is 4. The minimum atomic E-state index is -1.09. The highest BCUT2D eigenvalue weighted by Gasteiger charge is 2.35. The van der Waals surface area contributed by atoms with Crippen LogP contribution in [0.5, 0.6) is 0 Å². The molecule has 2 aromatic rings. The lowest BCUT2D eigenvalue weighted by atomic mass is 10.0. The average Bonchev–Trinajstić information content (AvgIpc) is 3.14. The number of hydrogen-bond donors (Lipinski definition) is 2. The van der Waals surface area contributed by atoms with Crippen LogP contribution in [0.25, 0.3) is 0 Å². The Morgan fingerprint density at radius 3 is 2.54 bits per heavy atom. The number of amides is 2. The van der Waals surface area contributed by atoms with Crippen LogP contribution >= 0.6 is 11.8 Å². The summed E-state index contributed by atoms with van der Waals surface area (Å²) >= 11 is 1.50. The molecule has 1 atom stereocenters. The Labute approximate surface area is 167 Å². The molecule has 7 heteroatoms. The quantitative estimate of drug-likeness (QED) is 0.824. The van der Waals surface area contributed by atoms with E-state index in [4.69, 9.17) is 0 Å². The number of aromatic carboxylic acids is 1. The Morgan fingerprint density at radius 2 is 1.82 bits per heavy atom. The van der Waals surface area contributed by atoms with Crippen molar-refractivity contribution in [1.29, 1.82) is 0 Å². The third kappa shape index (κ3) is 4.04. The predicted molar refractivity (Wildman–Crippen MR) is 110 cm³/mol. The Bertz CT molecular complexity index is 957. The van der Waals surface area contributed by atoms with Gasteiger partial charge in [-0.1, -0.05) is 12.1 Å². The zero-order chi connectivity index (χ0) is 20.4. The summed E-state index contributed by atoms with van der Waals surface area (Å²) in [4.78, 5) is 38.7. The first-order valence-corrected chi connectivity index (χ1v) is 10.0. The van der Waals surface area contributed by atoms with Gasteiger partial charge in [-0.2, -0.15) is 0 Å². The van der Waals surface area contributed by atoms with Crippen LogP contribution in [0.3, 0.4) is 0 Å². The largest absolute Gasteiger partial charge is 0.478 e. The lowest BCUT2D eigenvalue weighted by molar-refractivity contribution is -0.119. The molecule has 1 aliphatic rings. The van der Waals surface area contributed by atoms with Crippen molar-refractivity contribution in [3.8, 4) is 0 Å². The molecule has 28 heavy (non-hydrogen) atoms. The molecule has 1 aliphatic heterocycles. The first-order valence-electron chi connectivity index (χ1n) is 8.88. The number of nitrogens with zero attached hydrogens (tertiary/aromatic N) is 1. The van der Waals surface area contributed by atoms with E-state index in [0.29, 0.717) is 17.2 Å². The normalized spacial score (nSPS) is 16.1. The van der Waals surface area contributed by atoms with Gasteiger partial charge in [-0.25, -0.2) is 4.79 Å². The molecule has 1 fully saturated rings. The van der Waals surface area contributed by atoms with Crippen molar-refractivity contribution in [2.24, 2.45) is 0 Å². The van der Waals surface area contributed by atoms with Crippen LogP contribution in [-0.2, 0) is 4.79 Å². The summed E-state index contributed by atoms with van der Waals surface area (Å²) in [6, 6.07) is 9.62. The number of thioether (sulfide) groups is 1. The fourth-order valence-corrected chi connectivity index (χ4v) is 4.31. The molecule has 0 bridgehead atoms. The first kappa shape index (κ1) is 19.9. The van der Waals surface area contributed by atoms with Gasteiger partial charge in [0.05, 0.1) is 11.4 Å². The van der Waals surface area contributed by atoms with Crippen LogP contribution in [0.4, 0.5) is 5.69 Å². The Hall–Kier alpha value is -2.80. The highest BCUT2D eigenvalue weighted by Crippen LogP contribution is 2.26. The Balaban J connectivity index is 1.82. The van der Waals surface area contributed by atoms with Gasteiger partial charge in [0.15, 0.2) is 0 Å². The van der Waals surface area contributed by atoms with E-state index in [2.05, 4.69) is 5.32 Å². The van der Waals surface area contributed by atoms with Crippen LogP contribution < -0.4 is 5.32 Å². The molecule has 1 saturated heterocycles. The van der Waals surface area contributed by atoms with Crippen LogP contribution in [-0.4, -0.2) is 45.5 Å². The molecule has 0 spiro atoms. The highest BCUT2D eigenvalue weighted by molar-refractivity contribution is 7.99. The molecular weight excluding hydrogens is 376 g/mol. The number of carboxylic acids is 1. The van der Waals surface area contributed by atoms with Crippen molar-refractivity contribution in [3.63, 3.8) is 0 Å². The fraction of sp³-hybridized carbons (Fsp3) is 0.286. The Morgan fingerprint density at radius 1 is 1.11 bits per heavy atom. The topological polar surface area (TPSA) is 86.7 Å². The highest BCUT2D eigenvalue weighted by atomic mass is 32.2. The summed E-state index contributed by atoms with van der Waals surface area (Å²) in [7, 11) is 0. The molecule has 0 aromatic heterocycles. The summed E-state index contributed by atoms with van der Waals surface area (Å²) in [5.74, 6) is -0.770. The first-order chi connectivity index (χ1) is 13.3. The molecule has 0 saturated carbocycles. The van der Waals surface area contributed by atoms with Gasteiger partial charge in [0, 0.05) is 17.0 Å². The van der Waals surface area contributed by atoms with E-state index in [9.17, 15) is 19.5 Å². The van der Waals surface area contributed by atoms with Crippen molar-refractivity contribution in [2.45, 2.75) is 26.8 Å². The van der Waals surface area contributed by atoms with Crippen molar-refractivity contribution >= 4 is 35.2 Å². The molecule has 2 N–H and O–H groups in total. The van der Waals surface area contributed by atoms with Gasteiger partial charge in [0.1, 0.15) is 6.04 Å². The fourth-order valence-electron chi connectivity index (χ4n) is 3.16. The minimum absolute atomic E-state index is 0.0617. The van der Waals surface area contributed by atoms with E-state index >= 15 is 0 Å². The monoisotopic (exact) mass is 398 g/mol. The van der Waals surface area contributed by atoms with Gasteiger partial charge in [-0.15, -0.1) is 11.8 Å². The SMILES string of the molecule is Cc1cc(C(=O)O)cc(C(=O)N2CSCC2C(=O)Nc2cccc(C)c2C)c1. The van der Waals surface area contributed by atoms with Crippen LogP contribution in [0.2, 0.25) is 0 Å². The molecule has 1 heterocycles.